The van der Waals surface area contributed by atoms with Gasteiger partial charge in [-0.15, -0.1) is 0 Å². The minimum atomic E-state index is 0.00833. The highest BCUT2D eigenvalue weighted by Crippen LogP contribution is 2.15. The molecule has 0 bridgehead atoms. The fourth-order valence-corrected chi connectivity index (χ4v) is 2.72. The standard InChI is InChI=1S/C20H23N5O/c1-23(2)19-10-6-16(7-11-19)12-24(3)20(26)18-8-4-17(5-9-18)13-25-15-21-14-22-25/h4-11,14-15H,12-13H2,1-3H3. The van der Waals surface area contributed by atoms with E-state index in [1.807, 2.05) is 45.4 Å². The van der Waals surface area contributed by atoms with Gasteiger partial charge < -0.3 is 9.80 Å². The van der Waals surface area contributed by atoms with Crippen LogP contribution >= 0.6 is 0 Å². The van der Waals surface area contributed by atoms with E-state index in [1.165, 1.54) is 6.33 Å². The Kier molecular flexibility index (Phi) is 5.31. The van der Waals surface area contributed by atoms with Gasteiger partial charge in [-0.3, -0.25) is 4.79 Å². The molecule has 3 rings (SSSR count). The topological polar surface area (TPSA) is 54.3 Å². The van der Waals surface area contributed by atoms with E-state index in [-0.39, 0.29) is 5.91 Å². The van der Waals surface area contributed by atoms with E-state index in [0.29, 0.717) is 18.7 Å². The maximum atomic E-state index is 12.6. The van der Waals surface area contributed by atoms with Crippen molar-refractivity contribution >= 4 is 11.6 Å². The molecule has 0 aliphatic rings. The molecular formula is C20H23N5O. The molecule has 1 amide bonds. The summed E-state index contributed by atoms with van der Waals surface area (Å²) < 4.78 is 1.75. The van der Waals surface area contributed by atoms with Gasteiger partial charge in [0, 0.05) is 38.9 Å². The number of amides is 1. The third-order valence-electron chi connectivity index (χ3n) is 4.23. The highest BCUT2D eigenvalue weighted by atomic mass is 16.2. The highest BCUT2D eigenvalue weighted by Gasteiger charge is 2.12. The smallest absolute Gasteiger partial charge is 0.253 e. The monoisotopic (exact) mass is 349 g/mol. The van der Waals surface area contributed by atoms with Gasteiger partial charge in [0.15, 0.2) is 0 Å². The van der Waals surface area contributed by atoms with Gasteiger partial charge in [-0.1, -0.05) is 24.3 Å². The molecule has 0 unspecified atom stereocenters. The maximum Gasteiger partial charge on any atom is 0.253 e. The molecule has 0 N–H and O–H groups in total. The van der Waals surface area contributed by atoms with Crippen LogP contribution in [-0.2, 0) is 13.1 Å². The second-order valence-corrected chi connectivity index (χ2v) is 6.51. The quantitative estimate of drug-likeness (QED) is 0.687. The molecule has 1 aromatic heterocycles. The van der Waals surface area contributed by atoms with Gasteiger partial charge in [-0.05, 0) is 35.4 Å². The Bertz CT molecular complexity index is 839. The van der Waals surface area contributed by atoms with Crippen molar-refractivity contribution in [2.24, 2.45) is 0 Å². The molecular weight excluding hydrogens is 326 g/mol. The second kappa shape index (κ2) is 7.82. The number of benzene rings is 2. The van der Waals surface area contributed by atoms with Crippen LogP contribution in [-0.4, -0.2) is 46.7 Å². The molecule has 134 valence electrons. The molecule has 2 aromatic carbocycles. The minimum Gasteiger partial charge on any atom is -0.378 e. The summed E-state index contributed by atoms with van der Waals surface area (Å²) in [4.78, 5) is 20.4. The normalized spacial score (nSPS) is 10.6. The number of nitrogens with zero attached hydrogens (tertiary/aromatic N) is 5. The Balaban J connectivity index is 1.62. The van der Waals surface area contributed by atoms with E-state index >= 15 is 0 Å². The Hall–Kier alpha value is -3.15. The SMILES string of the molecule is CN(Cc1ccc(N(C)C)cc1)C(=O)c1ccc(Cn2cncn2)cc1. The van der Waals surface area contributed by atoms with Crippen molar-refractivity contribution in [2.75, 3.05) is 26.0 Å². The molecule has 0 radical (unpaired) electrons. The van der Waals surface area contributed by atoms with Gasteiger partial charge in [0.1, 0.15) is 12.7 Å². The zero-order valence-corrected chi connectivity index (χ0v) is 15.3. The molecule has 26 heavy (non-hydrogen) atoms. The third kappa shape index (κ3) is 4.27. The predicted molar refractivity (Wildman–Crippen MR) is 102 cm³/mol. The molecule has 0 fully saturated rings. The summed E-state index contributed by atoms with van der Waals surface area (Å²) >= 11 is 0. The van der Waals surface area contributed by atoms with Crippen LogP contribution in [0.25, 0.3) is 0 Å². The Morgan fingerprint density at radius 3 is 2.19 bits per heavy atom. The lowest BCUT2D eigenvalue weighted by Gasteiger charge is -2.18. The zero-order chi connectivity index (χ0) is 18.5. The van der Waals surface area contributed by atoms with Crippen LogP contribution in [0, 0.1) is 0 Å². The maximum absolute atomic E-state index is 12.6. The minimum absolute atomic E-state index is 0.00833. The van der Waals surface area contributed by atoms with E-state index in [0.717, 1.165) is 16.8 Å². The highest BCUT2D eigenvalue weighted by molar-refractivity contribution is 5.94. The molecule has 0 atom stereocenters. The largest absolute Gasteiger partial charge is 0.378 e. The first-order chi connectivity index (χ1) is 12.5. The van der Waals surface area contributed by atoms with Crippen LogP contribution in [0.5, 0.6) is 0 Å². The van der Waals surface area contributed by atoms with Gasteiger partial charge in [0.25, 0.3) is 5.91 Å². The van der Waals surface area contributed by atoms with E-state index in [4.69, 9.17) is 0 Å². The van der Waals surface area contributed by atoms with Crippen LogP contribution < -0.4 is 4.90 Å². The van der Waals surface area contributed by atoms with Gasteiger partial charge in [0.05, 0.1) is 6.54 Å². The fourth-order valence-electron chi connectivity index (χ4n) is 2.72. The average molecular weight is 349 g/mol. The fraction of sp³-hybridized carbons (Fsp3) is 0.250. The molecule has 3 aromatic rings. The number of hydrogen-bond donors (Lipinski definition) is 0. The van der Waals surface area contributed by atoms with Crippen molar-refractivity contribution in [1.82, 2.24) is 19.7 Å². The van der Waals surface area contributed by atoms with Crippen molar-refractivity contribution in [3.8, 4) is 0 Å². The van der Waals surface area contributed by atoms with Crippen molar-refractivity contribution in [3.63, 3.8) is 0 Å². The molecule has 0 saturated heterocycles. The zero-order valence-electron chi connectivity index (χ0n) is 15.3. The predicted octanol–water partition coefficient (Wildman–Crippen LogP) is 2.66. The van der Waals surface area contributed by atoms with Crippen molar-refractivity contribution < 1.29 is 4.79 Å². The van der Waals surface area contributed by atoms with Gasteiger partial charge >= 0.3 is 0 Å². The second-order valence-electron chi connectivity index (χ2n) is 6.51. The van der Waals surface area contributed by atoms with E-state index in [2.05, 4.69) is 39.2 Å². The summed E-state index contributed by atoms with van der Waals surface area (Å²) in [7, 11) is 5.85. The first-order valence-electron chi connectivity index (χ1n) is 8.46. The van der Waals surface area contributed by atoms with Crippen LogP contribution in [0.2, 0.25) is 0 Å². The summed E-state index contributed by atoms with van der Waals surface area (Å²) in [5.74, 6) is 0.00833. The van der Waals surface area contributed by atoms with Crippen molar-refractivity contribution in [3.05, 3.63) is 77.9 Å². The van der Waals surface area contributed by atoms with Crippen molar-refractivity contribution in [1.29, 1.82) is 0 Å². The summed E-state index contributed by atoms with van der Waals surface area (Å²) in [5, 5.41) is 4.09. The van der Waals surface area contributed by atoms with Crippen LogP contribution in [0.1, 0.15) is 21.5 Å². The van der Waals surface area contributed by atoms with E-state index < -0.39 is 0 Å². The molecule has 0 spiro atoms. The third-order valence-corrected chi connectivity index (χ3v) is 4.23. The average Bonchev–Trinajstić information content (AvgIpc) is 3.15. The molecule has 1 heterocycles. The number of carbonyl (C=O) groups is 1. The molecule has 0 aliphatic carbocycles. The summed E-state index contributed by atoms with van der Waals surface area (Å²) in [6, 6.07) is 15.9. The van der Waals surface area contributed by atoms with Crippen molar-refractivity contribution in [2.45, 2.75) is 13.1 Å². The van der Waals surface area contributed by atoms with Gasteiger partial charge in [0.2, 0.25) is 0 Å². The number of anilines is 1. The van der Waals surface area contributed by atoms with E-state index in [1.54, 1.807) is 15.9 Å². The summed E-state index contributed by atoms with van der Waals surface area (Å²) in [6.45, 7) is 1.22. The molecule has 0 saturated carbocycles. The number of hydrogen-bond acceptors (Lipinski definition) is 4. The first kappa shape index (κ1) is 17.7. The lowest BCUT2D eigenvalue weighted by atomic mass is 10.1. The summed E-state index contributed by atoms with van der Waals surface area (Å²) in [5.41, 5.74) is 4.01. The Labute approximate surface area is 153 Å². The van der Waals surface area contributed by atoms with Crippen LogP contribution in [0.4, 0.5) is 5.69 Å². The molecule has 6 nitrogen and oxygen atoms in total. The lowest BCUT2D eigenvalue weighted by Crippen LogP contribution is -2.26. The number of aromatic nitrogens is 3. The van der Waals surface area contributed by atoms with Gasteiger partial charge in [-0.2, -0.15) is 5.10 Å². The lowest BCUT2D eigenvalue weighted by molar-refractivity contribution is 0.0785. The molecule has 6 heteroatoms. The van der Waals surface area contributed by atoms with Crippen LogP contribution in [0.3, 0.4) is 0 Å². The molecule has 0 aliphatic heterocycles. The van der Waals surface area contributed by atoms with Gasteiger partial charge in [-0.25, -0.2) is 9.67 Å². The summed E-state index contributed by atoms with van der Waals surface area (Å²) in [6.07, 6.45) is 3.19. The van der Waals surface area contributed by atoms with E-state index in [9.17, 15) is 4.79 Å². The Morgan fingerprint density at radius 2 is 1.62 bits per heavy atom. The Morgan fingerprint density at radius 1 is 0.962 bits per heavy atom. The van der Waals surface area contributed by atoms with Crippen LogP contribution in [0.15, 0.2) is 61.2 Å². The first-order valence-corrected chi connectivity index (χ1v) is 8.46. The number of carbonyl (C=O) groups excluding carboxylic acids is 1. The number of rotatable bonds is 6.